The van der Waals surface area contributed by atoms with Gasteiger partial charge in [0.1, 0.15) is 5.75 Å². The van der Waals surface area contributed by atoms with Gasteiger partial charge in [0.05, 0.1) is 18.4 Å². The Morgan fingerprint density at radius 1 is 0.929 bits per heavy atom. The van der Waals surface area contributed by atoms with Crippen LogP contribution in [0.1, 0.15) is 5.56 Å². The average molecular weight is 398 g/mol. The molecular weight excluding hydrogens is 376 g/mol. The Balaban J connectivity index is 1.51. The monoisotopic (exact) mass is 398 g/mol. The Kier molecular flexibility index (Phi) is 6.28. The van der Waals surface area contributed by atoms with Gasteiger partial charge in [-0.1, -0.05) is 42.5 Å². The van der Waals surface area contributed by atoms with Crippen LogP contribution in [0.25, 0.3) is 10.8 Å². The number of nitrogens with one attached hydrogen (secondary N) is 2. The van der Waals surface area contributed by atoms with Crippen LogP contribution in [-0.2, 0) is 21.2 Å². The summed E-state index contributed by atoms with van der Waals surface area (Å²) in [5.41, 5.74) is 0.939. The van der Waals surface area contributed by atoms with E-state index in [1.165, 1.54) is 19.2 Å². The summed E-state index contributed by atoms with van der Waals surface area (Å²) in [6.07, 6.45) is 0.243. The van der Waals surface area contributed by atoms with Crippen molar-refractivity contribution in [3.63, 3.8) is 0 Å². The van der Waals surface area contributed by atoms with Gasteiger partial charge in [-0.05, 0) is 40.6 Å². The van der Waals surface area contributed by atoms with Crippen molar-refractivity contribution in [1.29, 1.82) is 0 Å². The van der Waals surface area contributed by atoms with E-state index in [2.05, 4.69) is 10.0 Å². The van der Waals surface area contributed by atoms with Crippen molar-refractivity contribution >= 4 is 26.7 Å². The number of rotatable bonds is 8. The van der Waals surface area contributed by atoms with Crippen LogP contribution in [0.2, 0.25) is 0 Å². The van der Waals surface area contributed by atoms with Crippen molar-refractivity contribution in [2.75, 3.05) is 20.2 Å². The van der Waals surface area contributed by atoms with Crippen molar-refractivity contribution < 1.29 is 17.9 Å². The van der Waals surface area contributed by atoms with Gasteiger partial charge >= 0.3 is 0 Å². The van der Waals surface area contributed by atoms with Gasteiger partial charge in [0, 0.05) is 13.1 Å². The third-order valence-electron chi connectivity index (χ3n) is 4.34. The van der Waals surface area contributed by atoms with E-state index >= 15 is 0 Å². The number of ether oxygens (including phenoxy) is 1. The number of sulfonamides is 1. The summed E-state index contributed by atoms with van der Waals surface area (Å²) in [6.45, 7) is 0.314. The fourth-order valence-corrected chi connectivity index (χ4v) is 3.94. The van der Waals surface area contributed by atoms with Gasteiger partial charge in [-0.2, -0.15) is 0 Å². The summed E-state index contributed by atoms with van der Waals surface area (Å²) in [5.74, 6) is 0.430. The van der Waals surface area contributed by atoms with Crippen LogP contribution in [-0.4, -0.2) is 34.5 Å². The second kappa shape index (κ2) is 8.86. The molecule has 0 aliphatic heterocycles. The van der Waals surface area contributed by atoms with Gasteiger partial charge in [0.2, 0.25) is 15.9 Å². The van der Waals surface area contributed by atoms with E-state index in [0.717, 1.165) is 16.3 Å². The van der Waals surface area contributed by atoms with Crippen molar-refractivity contribution in [3.05, 3.63) is 72.3 Å². The zero-order chi connectivity index (χ0) is 20.0. The molecule has 0 radical (unpaired) electrons. The van der Waals surface area contributed by atoms with Crippen molar-refractivity contribution in [1.82, 2.24) is 10.0 Å². The van der Waals surface area contributed by atoms with Gasteiger partial charge < -0.3 is 10.1 Å². The molecule has 1 amide bonds. The molecule has 0 aliphatic carbocycles. The summed E-state index contributed by atoms with van der Waals surface area (Å²) in [5, 5.41) is 4.88. The Bertz CT molecular complexity index is 1060. The van der Waals surface area contributed by atoms with Gasteiger partial charge in [-0.3, -0.25) is 4.79 Å². The molecule has 0 atom stereocenters. The van der Waals surface area contributed by atoms with Gasteiger partial charge in [0.15, 0.2) is 0 Å². The molecule has 0 aliphatic rings. The van der Waals surface area contributed by atoms with Crippen LogP contribution >= 0.6 is 0 Å². The van der Waals surface area contributed by atoms with E-state index < -0.39 is 10.0 Å². The molecule has 3 aromatic carbocycles. The molecule has 3 rings (SSSR count). The predicted octanol–water partition coefficient (Wildman–Crippen LogP) is 2.49. The molecule has 0 heterocycles. The molecular formula is C21H22N2O4S. The molecule has 0 aromatic heterocycles. The van der Waals surface area contributed by atoms with Crippen LogP contribution < -0.4 is 14.8 Å². The number of amides is 1. The normalized spacial score (nSPS) is 11.3. The maximum Gasteiger partial charge on any atom is 0.240 e. The number of carbonyl (C=O) groups excluding carboxylic acids is 1. The molecule has 3 aromatic rings. The lowest BCUT2D eigenvalue weighted by molar-refractivity contribution is -0.120. The zero-order valence-corrected chi connectivity index (χ0v) is 16.3. The quantitative estimate of drug-likeness (QED) is 0.571. The van der Waals surface area contributed by atoms with E-state index in [1.807, 2.05) is 42.5 Å². The molecule has 28 heavy (non-hydrogen) atoms. The molecule has 0 fully saturated rings. The summed E-state index contributed by atoms with van der Waals surface area (Å²) < 4.78 is 32.0. The zero-order valence-electron chi connectivity index (χ0n) is 15.5. The highest BCUT2D eigenvalue weighted by Gasteiger charge is 2.13. The number of methoxy groups -OCH3 is 1. The highest BCUT2D eigenvalue weighted by atomic mass is 32.2. The van der Waals surface area contributed by atoms with E-state index in [1.54, 1.807) is 12.1 Å². The van der Waals surface area contributed by atoms with E-state index in [0.29, 0.717) is 5.75 Å². The first kappa shape index (κ1) is 19.9. The van der Waals surface area contributed by atoms with Gasteiger partial charge in [0.25, 0.3) is 0 Å². The summed E-state index contributed by atoms with van der Waals surface area (Å²) in [4.78, 5) is 12.4. The van der Waals surface area contributed by atoms with E-state index in [4.69, 9.17) is 4.74 Å². The van der Waals surface area contributed by atoms with Gasteiger partial charge in [-0.25, -0.2) is 13.1 Å². The predicted molar refractivity (Wildman–Crippen MR) is 109 cm³/mol. The number of carbonyl (C=O) groups is 1. The maximum absolute atomic E-state index is 12.2. The van der Waals surface area contributed by atoms with Crippen LogP contribution in [0.4, 0.5) is 0 Å². The molecule has 7 heteroatoms. The smallest absolute Gasteiger partial charge is 0.240 e. The van der Waals surface area contributed by atoms with Crippen molar-refractivity contribution in [2.24, 2.45) is 0 Å². The molecule has 0 bridgehead atoms. The topological polar surface area (TPSA) is 84.5 Å². The number of benzene rings is 3. The fourth-order valence-electron chi connectivity index (χ4n) is 2.91. The first-order valence-electron chi connectivity index (χ1n) is 8.87. The third kappa shape index (κ3) is 4.88. The number of hydrogen-bond donors (Lipinski definition) is 2. The third-order valence-corrected chi connectivity index (χ3v) is 5.82. The Morgan fingerprint density at radius 2 is 1.64 bits per heavy atom. The average Bonchev–Trinajstić information content (AvgIpc) is 2.71. The number of fused-ring (bicyclic) bond motifs is 1. The lowest BCUT2D eigenvalue weighted by Crippen LogP contribution is -2.35. The highest BCUT2D eigenvalue weighted by molar-refractivity contribution is 7.89. The van der Waals surface area contributed by atoms with Crippen LogP contribution in [0.15, 0.2) is 71.6 Å². The SMILES string of the molecule is COc1ccc(S(=O)(=O)NCCNC(=O)Cc2cccc3ccccc23)cc1. The lowest BCUT2D eigenvalue weighted by atomic mass is 10.0. The van der Waals surface area contributed by atoms with E-state index in [-0.39, 0.29) is 30.3 Å². The molecule has 146 valence electrons. The second-order valence-corrected chi connectivity index (χ2v) is 8.01. The van der Waals surface area contributed by atoms with E-state index in [9.17, 15) is 13.2 Å². The Morgan fingerprint density at radius 3 is 2.39 bits per heavy atom. The molecule has 0 unspecified atom stereocenters. The summed E-state index contributed by atoms with van der Waals surface area (Å²) in [6, 6.07) is 19.9. The minimum absolute atomic E-state index is 0.107. The number of hydrogen-bond acceptors (Lipinski definition) is 4. The van der Waals surface area contributed by atoms with Crippen LogP contribution in [0, 0.1) is 0 Å². The minimum atomic E-state index is -3.63. The van der Waals surface area contributed by atoms with Crippen molar-refractivity contribution in [3.8, 4) is 5.75 Å². The Hall–Kier alpha value is -2.90. The summed E-state index contributed by atoms with van der Waals surface area (Å²) >= 11 is 0. The first-order valence-corrected chi connectivity index (χ1v) is 10.3. The van der Waals surface area contributed by atoms with Crippen molar-refractivity contribution in [2.45, 2.75) is 11.3 Å². The van der Waals surface area contributed by atoms with Crippen LogP contribution in [0.3, 0.4) is 0 Å². The Labute approximate surface area is 164 Å². The molecule has 0 spiro atoms. The van der Waals surface area contributed by atoms with Crippen LogP contribution in [0.5, 0.6) is 5.75 Å². The largest absolute Gasteiger partial charge is 0.497 e. The molecule has 2 N–H and O–H groups in total. The molecule has 0 saturated heterocycles. The highest BCUT2D eigenvalue weighted by Crippen LogP contribution is 2.19. The van der Waals surface area contributed by atoms with Gasteiger partial charge in [-0.15, -0.1) is 0 Å². The standard InChI is InChI=1S/C21H22N2O4S/c1-27-18-9-11-19(12-10-18)28(25,26)23-14-13-22-21(24)15-17-7-4-6-16-5-2-3-8-20(16)17/h2-12,23H,13-15H2,1H3,(H,22,24). The lowest BCUT2D eigenvalue weighted by Gasteiger charge is -2.10. The fraction of sp³-hybridized carbons (Fsp3) is 0.190. The second-order valence-electron chi connectivity index (χ2n) is 6.24. The first-order chi connectivity index (χ1) is 13.5. The minimum Gasteiger partial charge on any atom is -0.497 e. The molecule has 0 saturated carbocycles. The molecule has 6 nitrogen and oxygen atoms in total. The summed E-state index contributed by atoms with van der Waals surface area (Å²) in [7, 11) is -2.11. The maximum atomic E-state index is 12.2.